The number of fused-ring (bicyclic) bond motifs is 1. The fourth-order valence-electron chi connectivity index (χ4n) is 1.29. The van der Waals surface area contributed by atoms with Gasteiger partial charge in [-0.25, -0.2) is 4.98 Å². The SMILES string of the molecule is N.N.Nc1nc2c(ncn2COCCO)c(=O)[nH]1.[Cl][Pt]. The summed E-state index contributed by atoms with van der Waals surface area (Å²) in [5.41, 5.74) is 5.60. The molecule has 10 nitrogen and oxygen atoms in total. The zero-order valence-electron chi connectivity index (χ0n) is 10.5. The standard InChI is InChI=1S/C8H11N5O3.ClH.2H3N.Pt/c9-8-11-6-5(7(15)12-8)10-3-13(6)4-16-2-1-14;;;;/h3,14H,1-2,4H2,(H3,9,11,12,15);1H;2*1H3;/q;;;;+1/p-1. The summed E-state index contributed by atoms with van der Waals surface area (Å²) in [6, 6.07) is 0. The molecule has 10 N–H and O–H groups in total. The van der Waals surface area contributed by atoms with Gasteiger partial charge in [-0.15, -0.1) is 0 Å². The van der Waals surface area contributed by atoms with Crippen LogP contribution >= 0.6 is 9.42 Å². The Kier molecular flexibility index (Phi) is 11.4. The molecule has 0 saturated carbocycles. The zero-order valence-corrected chi connectivity index (χ0v) is 13.5. The van der Waals surface area contributed by atoms with Crippen molar-refractivity contribution in [1.82, 2.24) is 31.8 Å². The van der Waals surface area contributed by atoms with E-state index in [1.165, 1.54) is 10.9 Å². The average Bonchev–Trinajstić information content (AvgIpc) is 2.76. The number of aliphatic hydroxyl groups excluding tert-OH is 1. The van der Waals surface area contributed by atoms with E-state index < -0.39 is 0 Å². The Morgan fingerprint density at radius 1 is 1.50 bits per heavy atom. The van der Waals surface area contributed by atoms with Crippen molar-refractivity contribution in [2.45, 2.75) is 6.73 Å². The number of imidazole rings is 1. The van der Waals surface area contributed by atoms with Crippen molar-refractivity contribution in [3.05, 3.63) is 16.7 Å². The molecule has 0 amide bonds. The van der Waals surface area contributed by atoms with Gasteiger partial charge in [0.05, 0.1) is 19.5 Å². The second-order valence-electron chi connectivity index (χ2n) is 3.10. The number of H-pyrrole nitrogens is 1. The number of aliphatic hydroxyl groups is 1. The monoisotopic (exact) mass is 489 g/mol. The molecule has 0 bridgehead atoms. The Bertz CT molecular complexity index is 560. The number of halogens is 1. The molecule has 0 saturated heterocycles. The van der Waals surface area contributed by atoms with Crippen LogP contribution in [0.15, 0.2) is 11.1 Å². The van der Waals surface area contributed by atoms with Crippen molar-refractivity contribution in [2.24, 2.45) is 0 Å². The van der Waals surface area contributed by atoms with E-state index in [1.54, 1.807) is 18.8 Å². The van der Waals surface area contributed by atoms with Crippen LogP contribution in [0.4, 0.5) is 5.95 Å². The van der Waals surface area contributed by atoms with Crippen molar-refractivity contribution in [3.63, 3.8) is 0 Å². The fraction of sp³-hybridized carbons (Fsp3) is 0.375. The fourth-order valence-corrected chi connectivity index (χ4v) is 1.29. The van der Waals surface area contributed by atoms with E-state index in [4.69, 9.17) is 15.6 Å². The second-order valence-corrected chi connectivity index (χ2v) is 3.10. The minimum atomic E-state index is -0.386. The molecule has 0 aliphatic heterocycles. The summed E-state index contributed by atoms with van der Waals surface area (Å²) in [6.45, 7) is 0.300. The van der Waals surface area contributed by atoms with Gasteiger partial charge in [-0.1, -0.05) is 0 Å². The van der Waals surface area contributed by atoms with Gasteiger partial charge >= 0.3 is 28.2 Å². The number of aromatic amines is 1. The summed E-state index contributed by atoms with van der Waals surface area (Å²) in [4.78, 5) is 21.6. The number of hydrogen-bond acceptors (Lipinski definition) is 8. The van der Waals surface area contributed by atoms with Crippen LogP contribution in [0.5, 0.6) is 0 Å². The van der Waals surface area contributed by atoms with Crippen molar-refractivity contribution in [3.8, 4) is 0 Å². The average molecular weight is 490 g/mol. The maximum atomic E-state index is 11.4. The summed E-state index contributed by atoms with van der Waals surface area (Å²) in [7, 11) is 4.61. The van der Waals surface area contributed by atoms with E-state index in [1.807, 2.05) is 0 Å². The van der Waals surface area contributed by atoms with Crippen LogP contribution < -0.4 is 23.6 Å². The molecule has 0 spiro atoms. The Morgan fingerprint density at radius 2 is 2.15 bits per heavy atom. The first-order chi connectivity index (χ1) is 8.72. The van der Waals surface area contributed by atoms with Crippen molar-refractivity contribution >= 4 is 26.5 Å². The molecule has 12 heteroatoms. The molecular formula is C8H17ClN7O3Pt. The van der Waals surface area contributed by atoms with Gasteiger partial charge in [-0.05, 0) is 0 Å². The first-order valence-corrected chi connectivity index (χ1v) is 7.55. The molecule has 2 aromatic rings. The molecule has 2 heterocycles. The predicted molar refractivity (Wildman–Crippen MR) is 71.5 cm³/mol. The summed E-state index contributed by atoms with van der Waals surface area (Å²) in [6.07, 6.45) is 1.43. The molecule has 20 heavy (non-hydrogen) atoms. The third-order valence-corrected chi connectivity index (χ3v) is 1.96. The van der Waals surface area contributed by atoms with E-state index in [9.17, 15) is 4.79 Å². The van der Waals surface area contributed by atoms with Crippen LogP contribution in [0.2, 0.25) is 0 Å². The molecule has 2 aromatic heterocycles. The van der Waals surface area contributed by atoms with Gasteiger partial charge in [0.1, 0.15) is 6.73 Å². The van der Waals surface area contributed by atoms with Crippen LogP contribution in [0.25, 0.3) is 11.2 Å². The second kappa shape index (κ2) is 10.7. The van der Waals surface area contributed by atoms with Crippen LogP contribution in [-0.2, 0) is 30.2 Å². The molecule has 0 fully saturated rings. The van der Waals surface area contributed by atoms with E-state index in [2.05, 4.69) is 24.4 Å². The summed E-state index contributed by atoms with van der Waals surface area (Å²) in [5, 5.41) is 8.56. The van der Waals surface area contributed by atoms with Gasteiger partial charge < -0.3 is 27.9 Å². The maximum absolute atomic E-state index is 11.4. The van der Waals surface area contributed by atoms with Gasteiger partial charge in [0.2, 0.25) is 5.95 Å². The number of rotatable bonds is 4. The number of nitrogens with two attached hydrogens (primary N) is 1. The Hall–Kier alpha value is -1.03. The van der Waals surface area contributed by atoms with Crippen LogP contribution in [0.3, 0.4) is 0 Å². The van der Waals surface area contributed by atoms with E-state index >= 15 is 0 Å². The number of nitrogen functional groups attached to an aromatic ring is 1. The quantitative estimate of drug-likeness (QED) is 0.361. The number of aromatic nitrogens is 4. The number of anilines is 1. The number of ether oxygens (including phenoxy) is 1. The molecular weight excluding hydrogens is 473 g/mol. The topological polar surface area (TPSA) is 189 Å². The van der Waals surface area contributed by atoms with Gasteiger partial charge in [0, 0.05) is 0 Å². The van der Waals surface area contributed by atoms with Gasteiger partial charge in [0.15, 0.2) is 11.2 Å². The normalized spacial score (nSPS) is 9.20. The molecule has 0 unspecified atom stereocenters. The molecule has 0 atom stereocenters. The van der Waals surface area contributed by atoms with Crippen molar-refractivity contribution in [2.75, 3.05) is 18.9 Å². The molecule has 0 aliphatic rings. The van der Waals surface area contributed by atoms with Crippen LogP contribution in [-0.4, -0.2) is 37.8 Å². The van der Waals surface area contributed by atoms with Crippen LogP contribution in [0.1, 0.15) is 0 Å². The summed E-state index contributed by atoms with van der Waals surface area (Å²) >= 11 is 1.61. The molecule has 0 radical (unpaired) electrons. The Labute approximate surface area is 129 Å². The molecule has 2 rings (SSSR count). The van der Waals surface area contributed by atoms with E-state index in [0.717, 1.165) is 0 Å². The zero-order chi connectivity index (χ0) is 13.5. The number of hydrogen-bond donors (Lipinski definition) is 5. The first kappa shape index (κ1) is 21.3. The number of nitrogens with one attached hydrogen (secondary N) is 1. The van der Waals surface area contributed by atoms with E-state index in [-0.39, 0.29) is 49.3 Å². The summed E-state index contributed by atoms with van der Waals surface area (Å²) < 4.78 is 6.63. The summed E-state index contributed by atoms with van der Waals surface area (Å²) in [5.74, 6) is 0.0291. The van der Waals surface area contributed by atoms with Crippen LogP contribution in [0, 0.1) is 0 Å². The van der Waals surface area contributed by atoms with Gasteiger partial charge in [0.25, 0.3) is 5.56 Å². The number of nitrogens with zero attached hydrogens (tertiary/aromatic N) is 3. The first-order valence-electron chi connectivity index (χ1n) is 4.73. The molecule has 119 valence electrons. The van der Waals surface area contributed by atoms with Gasteiger partial charge in [-0.2, -0.15) is 4.98 Å². The van der Waals surface area contributed by atoms with Crippen molar-refractivity contribution < 1.29 is 28.6 Å². The van der Waals surface area contributed by atoms with Gasteiger partial charge in [-0.3, -0.25) is 14.3 Å². The Morgan fingerprint density at radius 3 is 2.75 bits per heavy atom. The minimum absolute atomic E-state index is 0. The third kappa shape index (κ3) is 5.16. The molecule has 0 aliphatic carbocycles. The van der Waals surface area contributed by atoms with E-state index in [0.29, 0.717) is 5.65 Å². The van der Waals surface area contributed by atoms with Crippen molar-refractivity contribution in [1.29, 1.82) is 0 Å². The Balaban J connectivity index is 0. The predicted octanol–water partition coefficient (Wildman–Crippen LogP) is -0.321. The molecule has 0 aromatic carbocycles. The third-order valence-electron chi connectivity index (χ3n) is 1.96.